The van der Waals surface area contributed by atoms with Crippen molar-refractivity contribution in [3.8, 4) is 6.07 Å². The molecule has 0 aliphatic carbocycles. The van der Waals surface area contributed by atoms with Crippen LogP contribution in [0.15, 0.2) is 18.2 Å². The van der Waals surface area contributed by atoms with Crippen molar-refractivity contribution in [3.63, 3.8) is 0 Å². The lowest BCUT2D eigenvalue weighted by Crippen LogP contribution is -1.93. The largest absolute Gasteiger partial charge is 0.331 e. The molecule has 2 aromatic rings. The van der Waals surface area contributed by atoms with Crippen LogP contribution in [0.4, 0.5) is 0 Å². The van der Waals surface area contributed by atoms with Crippen LogP contribution in [-0.2, 0) is 6.54 Å². The van der Waals surface area contributed by atoms with Gasteiger partial charge in [0.15, 0.2) is 4.77 Å². The molecule has 4 heteroatoms. The van der Waals surface area contributed by atoms with Gasteiger partial charge in [-0.2, -0.15) is 5.26 Å². The van der Waals surface area contributed by atoms with E-state index in [1.807, 2.05) is 23.6 Å². The van der Waals surface area contributed by atoms with Crippen molar-refractivity contribution >= 4 is 23.3 Å². The molecule has 14 heavy (non-hydrogen) atoms. The van der Waals surface area contributed by atoms with E-state index in [1.54, 1.807) is 6.07 Å². The molecule has 0 saturated carbocycles. The van der Waals surface area contributed by atoms with Crippen molar-refractivity contribution < 1.29 is 0 Å². The summed E-state index contributed by atoms with van der Waals surface area (Å²) < 4.78 is 2.68. The summed E-state index contributed by atoms with van der Waals surface area (Å²) in [6.07, 6.45) is 0. The maximum absolute atomic E-state index is 8.77. The van der Waals surface area contributed by atoms with E-state index in [0.717, 1.165) is 17.6 Å². The van der Waals surface area contributed by atoms with E-state index in [0.29, 0.717) is 10.3 Å². The minimum absolute atomic E-state index is 0.661. The summed E-state index contributed by atoms with van der Waals surface area (Å²) in [7, 11) is 0. The van der Waals surface area contributed by atoms with Crippen LogP contribution in [0.25, 0.3) is 11.0 Å². The number of hydrogen-bond acceptors (Lipinski definition) is 2. The first kappa shape index (κ1) is 8.97. The lowest BCUT2D eigenvalue weighted by atomic mass is 10.2. The molecule has 0 fully saturated rings. The number of aromatic amines is 1. The van der Waals surface area contributed by atoms with Crippen molar-refractivity contribution in [2.45, 2.75) is 13.5 Å². The molecule has 1 aromatic heterocycles. The Bertz CT molecular complexity index is 571. The Balaban J connectivity index is 2.86. The summed E-state index contributed by atoms with van der Waals surface area (Å²) in [6, 6.07) is 7.64. The van der Waals surface area contributed by atoms with Crippen molar-refractivity contribution in [1.29, 1.82) is 5.26 Å². The van der Waals surface area contributed by atoms with Crippen molar-refractivity contribution in [2.24, 2.45) is 0 Å². The van der Waals surface area contributed by atoms with E-state index in [-0.39, 0.29) is 0 Å². The molecule has 0 bridgehead atoms. The average molecular weight is 203 g/mol. The number of aryl methyl sites for hydroxylation is 1. The summed E-state index contributed by atoms with van der Waals surface area (Å²) in [5.74, 6) is 0. The average Bonchev–Trinajstić information content (AvgIpc) is 2.52. The molecule has 1 heterocycles. The van der Waals surface area contributed by atoms with Crippen LogP contribution in [0.3, 0.4) is 0 Å². The highest BCUT2D eigenvalue weighted by Crippen LogP contribution is 2.15. The fourth-order valence-electron chi connectivity index (χ4n) is 1.54. The van der Waals surface area contributed by atoms with E-state index in [1.165, 1.54) is 0 Å². The molecule has 1 aromatic carbocycles. The standard InChI is InChI=1S/C10H9N3S/c1-2-13-9-5-7(6-11)3-4-8(9)12-10(13)14/h3-5H,2H2,1H3,(H,12,14). The zero-order valence-electron chi connectivity index (χ0n) is 7.74. The molecular weight excluding hydrogens is 194 g/mol. The second kappa shape index (κ2) is 3.28. The molecule has 1 N–H and O–H groups in total. The second-order valence-corrected chi connectivity index (χ2v) is 3.40. The molecule has 70 valence electrons. The monoisotopic (exact) mass is 203 g/mol. The fraction of sp³-hybridized carbons (Fsp3) is 0.200. The van der Waals surface area contributed by atoms with Gasteiger partial charge < -0.3 is 9.55 Å². The summed E-state index contributed by atoms with van der Waals surface area (Å²) in [4.78, 5) is 3.10. The third-order valence-corrected chi connectivity index (χ3v) is 2.54. The molecule has 0 saturated heterocycles. The van der Waals surface area contributed by atoms with Gasteiger partial charge in [0.05, 0.1) is 22.7 Å². The Hall–Kier alpha value is -1.60. The minimum atomic E-state index is 0.661. The Morgan fingerprint density at radius 3 is 3.00 bits per heavy atom. The number of nitrogens with one attached hydrogen (secondary N) is 1. The van der Waals surface area contributed by atoms with Gasteiger partial charge in [-0.05, 0) is 37.3 Å². The SMILES string of the molecule is CCn1c(=S)[nH]c2ccc(C#N)cc21. The normalized spacial score (nSPS) is 10.3. The number of rotatable bonds is 1. The number of fused-ring (bicyclic) bond motifs is 1. The molecular formula is C10H9N3S. The van der Waals surface area contributed by atoms with Crippen LogP contribution in [0.2, 0.25) is 0 Å². The van der Waals surface area contributed by atoms with Gasteiger partial charge in [-0.15, -0.1) is 0 Å². The molecule has 3 nitrogen and oxygen atoms in total. The zero-order valence-corrected chi connectivity index (χ0v) is 8.56. The molecule has 0 unspecified atom stereocenters. The maximum Gasteiger partial charge on any atom is 0.178 e. The highest BCUT2D eigenvalue weighted by molar-refractivity contribution is 7.71. The first-order chi connectivity index (χ1) is 6.76. The van der Waals surface area contributed by atoms with Gasteiger partial charge in [0.1, 0.15) is 0 Å². The molecule has 0 atom stereocenters. The van der Waals surface area contributed by atoms with E-state index in [9.17, 15) is 0 Å². The molecule has 2 rings (SSSR count). The van der Waals surface area contributed by atoms with Crippen LogP contribution >= 0.6 is 12.2 Å². The summed E-state index contributed by atoms with van der Waals surface area (Å²) in [5, 5.41) is 8.77. The quantitative estimate of drug-likeness (QED) is 0.724. The Labute approximate surface area is 86.6 Å². The van der Waals surface area contributed by atoms with Gasteiger partial charge in [0.25, 0.3) is 0 Å². The van der Waals surface area contributed by atoms with Crippen molar-refractivity contribution in [3.05, 3.63) is 28.5 Å². The first-order valence-electron chi connectivity index (χ1n) is 4.39. The third-order valence-electron chi connectivity index (χ3n) is 2.22. The predicted molar refractivity (Wildman–Crippen MR) is 57.5 cm³/mol. The molecule has 0 spiro atoms. The highest BCUT2D eigenvalue weighted by atomic mass is 32.1. The molecule has 0 amide bonds. The van der Waals surface area contributed by atoms with Crippen molar-refractivity contribution in [1.82, 2.24) is 9.55 Å². The molecule has 0 radical (unpaired) electrons. The Morgan fingerprint density at radius 2 is 2.36 bits per heavy atom. The second-order valence-electron chi connectivity index (χ2n) is 3.02. The summed E-state index contributed by atoms with van der Waals surface area (Å²) >= 11 is 5.16. The number of aromatic nitrogens is 2. The summed E-state index contributed by atoms with van der Waals surface area (Å²) in [6.45, 7) is 2.84. The fourth-order valence-corrected chi connectivity index (χ4v) is 1.87. The molecule has 0 aliphatic heterocycles. The van der Waals surface area contributed by atoms with E-state index < -0.39 is 0 Å². The van der Waals surface area contributed by atoms with Crippen LogP contribution in [-0.4, -0.2) is 9.55 Å². The topological polar surface area (TPSA) is 44.5 Å². The van der Waals surface area contributed by atoms with Crippen molar-refractivity contribution in [2.75, 3.05) is 0 Å². The Kier molecular flexibility index (Phi) is 2.10. The minimum Gasteiger partial charge on any atom is -0.331 e. The van der Waals surface area contributed by atoms with Gasteiger partial charge in [-0.3, -0.25) is 0 Å². The van der Waals surface area contributed by atoms with Crippen LogP contribution in [0, 0.1) is 16.1 Å². The number of benzene rings is 1. The number of nitrogens with zero attached hydrogens (tertiary/aromatic N) is 2. The maximum atomic E-state index is 8.77. The number of imidazole rings is 1. The van der Waals surface area contributed by atoms with E-state index in [4.69, 9.17) is 17.5 Å². The lowest BCUT2D eigenvalue weighted by molar-refractivity contribution is 0.774. The highest BCUT2D eigenvalue weighted by Gasteiger charge is 2.02. The Morgan fingerprint density at radius 1 is 1.57 bits per heavy atom. The van der Waals surface area contributed by atoms with Gasteiger partial charge >= 0.3 is 0 Å². The zero-order chi connectivity index (χ0) is 10.1. The van der Waals surface area contributed by atoms with E-state index in [2.05, 4.69) is 11.1 Å². The summed E-state index contributed by atoms with van der Waals surface area (Å²) in [5.41, 5.74) is 2.64. The van der Waals surface area contributed by atoms with E-state index >= 15 is 0 Å². The third kappa shape index (κ3) is 1.22. The van der Waals surface area contributed by atoms with Gasteiger partial charge in [-0.25, -0.2) is 0 Å². The van der Waals surface area contributed by atoms with Crippen LogP contribution in [0.1, 0.15) is 12.5 Å². The molecule has 0 aliphatic rings. The van der Waals surface area contributed by atoms with Crippen LogP contribution < -0.4 is 0 Å². The number of hydrogen-bond donors (Lipinski definition) is 1. The number of H-pyrrole nitrogens is 1. The van der Waals surface area contributed by atoms with Crippen LogP contribution in [0.5, 0.6) is 0 Å². The van der Waals surface area contributed by atoms with Gasteiger partial charge in [0, 0.05) is 6.54 Å². The van der Waals surface area contributed by atoms with Gasteiger partial charge in [0.2, 0.25) is 0 Å². The lowest BCUT2D eigenvalue weighted by Gasteiger charge is -1.98. The number of nitriles is 1. The van der Waals surface area contributed by atoms with Gasteiger partial charge in [-0.1, -0.05) is 0 Å². The first-order valence-corrected chi connectivity index (χ1v) is 4.79. The smallest absolute Gasteiger partial charge is 0.178 e. The predicted octanol–water partition coefficient (Wildman–Crippen LogP) is 2.59.